The normalized spacial score (nSPS) is 10.7. The Balaban J connectivity index is 0.00000312. The van der Waals surface area contributed by atoms with Crippen molar-refractivity contribution in [2.45, 2.75) is 12.6 Å². The molecule has 136 valence electrons. The number of amides is 1. The van der Waals surface area contributed by atoms with Crippen molar-refractivity contribution < 1.29 is 18.0 Å². The Bertz CT molecular complexity index is 694. The second kappa shape index (κ2) is 9.07. The predicted molar refractivity (Wildman–Crippen MR) is 90.3 cm³/mol. The van der Waals surface area contributed by atoms with Gasteiger partial charge in [0.15, 0.2) is 0 Å². The quantitative estimate of drug-likeness (QED) is 0.532. The van der Waals surface area contributed by atoms with E-state index in [1.807, 2.05) is 0 Å². The number of anilines is 2. The van der Waals surface area contributed by atoms with Gasteiger partial charge in [-0.05, 0) is 23.8 Å². The number of nitrogens with two attached hydrogens (primary N) is 1. The third-order valence-electron chi connectivity index (χ3n) is 3.02. The molecule has 1 amide bonds. The lowest BCUT2D eigenvalue weighted by molar-refractivity contribution is -0.141. The number of halogens is 4. The van der Waals surface area contributed by atoms with Gasteiger partial charge in [0.25, 0.3) is 0 Å². The number of nitrogen functional groups attached to an aromatic ring is 1. The second-order valence-electron chi connectivity index (χ2n) is 4.96. The first kappa shape index (κ1) is 20.5. The van der Waals surface area contributed by atoms with E-state index in [0.717, 1.165) is 17.8 Å². The molecule has 0 saturated carbocycles. The van der Waals surface area contributed by atoms with E-state index < -0.39 is 11.9 Å². The maximum absolute atomic E-state index is 12.5. The van der Waals surface area contributed by atoms with E-state index in [2.05, 4.69) is 20.6 Å². The molecule has 0 atom stereocenters. The number of rotatable bonds is 6. The zero-order valence-electron chi connectivity index (χ0n) is 13.0. The van der Waals surface area contributed by atoms with Crippen molar-refractivity contribution in [3.63, 3.8) is 0 Å². The van der Waals surface area contributed by atoms with Crippen LogP contribution < -0.4 is 16.4 Å². The van der Waals surface area contributed by atoms with Gasteiger partial charge in [0, 0.05) is 25.0 Å². The van der Waals surface area contributed by atoms with E-state index in [1.165, 1.54) is 0 Å². The third kappa shape index (κ3) is 6.84. The largest absolute Gasteiger partial charge is 0.433 e. The van der Waals surface area contributed by atoms with E-state index in [0.29, 0.717) is 5.69 Å². The summed E-state index contributed by atoms with van der Waals surface area (Å²) in [5, 5.41) is 5.28. The average Bonchev–Trinajstić information content (AvgIpc) is 2.53. The van der Waals surface area contributed by atoms with Crippen LogP contribution in [0.5, 0.6) is 0 Å². The summed E-state index contributed by atoms with van der Waals surface area (Å²) in [7, 11) is 0. The van der Waals surface area contributed by atoms with Crippen molar-refractivity contribution in [2.75, 3.05) is 24.1 Å². The lowest BCUT2D eigenvalue weighted by Crippen LogP contribution is -2.30. The molecule has 4 N–H and O–H groups in total. The minimum absolute atomic E-state index is 0. The molecule has 0 unspecified atom stereocenters. The molecule has 6 nitrogen and oxygen atoms in total. The fraction of sp³-hybridized carbons (Fsp3) is 0.267. The van der Waals surface area contributed by atoms with E-state index in [1.54, 1.807) is 24.3 Å². The van der Waals surface area contributed by atoms with Crippen LogP contribution in [0.1, 0.15) is 11.3 Å². The SMILES string of the molecule is Cl.Nc1ccc(CC(=O)NCCNc2nccc(C(F)(F)F)n2)cc1. The molecule has 2 rings (SSSR count). The highest BCUT2D eigenvalue weighted by Crippen LogP contribution is 2.27. The van der Waals surface area contributed by atoms with E-state index in [9.17, 15) is 18.0 Å². The number of nitrogens with zero attached hydrogens (tertiary/aromatic N) is 2. The number of hydrogen-bond donors (Lipinski definition) is 3. The Kier molecular flexibility index (Phi) is 7.43. The maximum Gasteiger partial charge on any atom is 0.433 e. The van der Waals surface area contributed by atoms with Crippen molar-refractivity contribution >= 4 is 29.9 Å². The van der Waals surface area contributed by atoms with Gasteiger partial charge in [-0.2, -0.15) is 13.2 Å². The summed E-state index contributed by atoms with van der Waals surface area (Å²) in [4.78, 5) is 18.8. The molecule has 2 aromatic rings. The molecule has 0 saturated heterocycles. The maximum atomic E-state index is 12.5. The van der Waals surface area contributed by atoms with Gasteiger partial charge in [-0.3, -0.25) is 4.79 Å². The highest BCUT2D eigenvalue weighted by molar-refractivity contribution is 5.85. The molecule has 0 radical (unpaired) electrons. The molecule has 0 spiro atoms. The molecule has 1 aromatic heterocycles. The van der Waals surface area contributed by atoms with Crippen LogP contribution in [0, 0.1) is 0 Å². The summed E-state index contributed by atoms with van der Waals surface area (Å²) in [6.45, 7) is 0.433. The molecule has 0 aliphatic rings. The lowest BCUT2D eigenvalue weighted by Gasteiger charge is -2.09. The Morgan fingerprint density at radius 2 is 1.80 bits per heavy atom. The van der Waals surface area contributed by atoms with Crippen molar-refractivity contribution in [3.8, 4) is 0 Å². The van der Waals surface area contributed by atoms with Crippen LogP contribution in [0.2, 0.25) is 0 Å². The highest BCUT2D eigenvalue weighted by atomic mass is 35.5. The van der Waals surface area contributed by atoms with Gasteiger partial charge < -0.3 is 16.4 Å². The Hall–Kier alpha value is -2.55. The second-order valence-corrected chi connectivity index (χ2v) is 4.96. The minimum Gasteiger partial charge on any atom is -0.399 e. The van der Waals surface area contributed by atoms with Crippen LogP contribution in [0.4, 0.5) is 24.8 Å². The fourth-order valence-electron chi connectivity index (χ4n) is 1.86. The third-order valence-corrected chi connectivity index (χ3v) is 3.02. The molecule has 0 aliphatic carbocycles. The molecule has 0 bridgehead atoms. The van der Waals surface area contributed by atoms with Crippen LogP contribution in [0.3, 0.4) is 0 Å². The van der Waals surface area contributed by atoms with Crippen molar-refractivity contribution in [1.29, 1.82) is 0 Å². The molecular weight excluding hydrogens is 359 g/mol. The van der Waals surface area contributed by atoms with Gasteiger partial charge >= 0.3 is 6.18 Å². The van der Waals surface area contributed by atoms with Crippen LogP contribution in [0.15, 0.2) is 36.5 Å². The van der Waals surface area contributed by atoms with Gasteiger partial charge in [0.05, 0.1) is 6.42 Å². The summed E-state index contributed by atoms with van der Waals surface area (Å²) in [5.41, 5.74) is 5.97. The highest BCUT2D eigenvalue weighted by Gasteiger charge is 2.32. The van der Waals surface area contributed by atoms with Gasteiger partial charge in [0.2, 0.25) is 11.9 Å². The van der Waals surface area contributed by atoms with Gasteiger partial charge in [-0.25, -0.2) is 9.97 Å². The van der Waals surface area contributed by atoms with E-state index >= 15 is 0 Å². The van der Waals surface area contributed by atoms with Gasteiger partial charge in [-0.15, -0.1) is 12.4 Å². The summed E-state index contributed by atoms with van der Waals surface area (Å²) >= 11 is 0. The van der Waals surface area contributed by atoms with Crippen molar-refractivity contribution in [2.24, 2.45) is 0 Å². The van der Waals surface area contributed by atoms with Crippen molar-refractivity contribution in [3.05, 3.63) is 47.8 Å². The zero-order chi connectivity index (χ0) is 17.6. The standard InChI is InChI=1S/C15H16F3N5O.ClH/c16-15(17,18)12-5-6-21-14(23-12)22-8-7-20-13(24)9-10-1-3-11(19)4-2-10;/h1-6H,7-9,19H2,(H,20,24)(H,21,22,23);1H. The fourth-order valence-corrected chi connectivity index (χ4v) is 1.86. The number of alkyl halides is 3. The smallest absolute Gasteiger partial charge is 0.399 e. The summed E-state index contributed by atoms with van der Waals surface area (Å²) in [5.74, 6) is -0.343. The Morgan fingerprint density at radius 3 is 2.44 bits per heavy atom. The molecule has 1 heterocycles. The lowest BCUT2D eigenvalue weighted by atomic mass is 10.1. The number of carbonyl (C=O) groups is 1. The van der Waals surface area contributed by atoms with Crippen LogP contribution >= 0.6 is 12.4 Å². The van der Waals surface area contributed by atoms with E-state index in [-0.39, 0.29) is 43.8 Å². The number of benzene rings is 1. The van der Waals surface area contributed by atoms with Gasteiger partial charge in [-0.1, -0.05) is 12.1 Å². The summed E-state index contributed by atoms with van der Waals surface area (Å²) in [6, 6.07) is 7.71. The van der Waals surface area contributed by atoms with Crippen molar-refractivity contribution in [1.82, 2.24) is 15.3 Å². The average molecular weight is 376 g/mol. The number of carbonyl (C=O) groups excluding carboxylic acids is 1. The first-order valence-electron chi connectivity index (χ1n) is 7.10. The first-order chi connectivity index (χ1) is 11.3. The molecule has 25 heavy (non-hydrogen) atoms. The summed E-state index contributed by atoms with van der Waals surface area (Å²) < 4.78 is 37.5. The van der Waals surface area contributed by atoms with Gasteiger partial charge in [0.1, 0.15) is 5.69 Å². The topological polar surface area (TPSA) is 92.9 Å². The zero-order valence-corrected chi connectivity index (χ0v) is 13.8. The number of nitrogens with one attached hydrogen (secondary N) is 2. The minimum atomic E-state index is -4.52. The monoisotopic (exact) mass is 375 g/mol. The Labute approximate surface area is 148 Å². The molecule has 0 fully saturated rings. The summed E-state index contributed by atoms with van der Waals surface area (Å²) in [6.07, 6.45) is -3.30. The molecule has 0 aliphatic heterocycles. The van der Waals surface area contributed by atoms with Crippen LogP contribution in [0.25, 0.3) is 0 Å². The van der Waals surface area contributed by atoms with Crippen LogP contribution in [-0.2, 0) is 17.4 Å². The first-order valence-corrected chi connectivity index (χ1v) is 7.10. The predicted octanol–water partition coefficient (Wildman–Crippen LogP) is 2.27. The Morgan fingerprint density at radius 1 is 1.12 bits per heavy atom. The molecular formula is C15H17ClF3N5O. The van der Waals surface area contributed by atoms with Crippen LogP contribution in [-0.4, -0.2) is 29.0 Å². The number of aromatic nitrogens is 2. The molecule has 10 heteroatoms. The number of hydrogen-bond acceptors (Lipinski definition) is 5. The van der Waals surface area contributed by atoms with E-state index in [4.69, 9.17) is 5.73 Å². The molecule has 1 aromatic carbocycles.